The summed E-state index contributed by atoms with van der Waals surface area (Å²) in [6, 6.07) is 9.14. The second-order valence-corrected chi connectivity index (χ2v) is 10.9. The smallest absolute Gasteiger partial charge is 0.245 e. The average molecular weight is 528 g/mol. The van der Waals surface area contributed by atoms with E-state index in [0.29, 0.717) is 11.3 Å². The van der Waals surface area contributed by atoms with E-state index in [1.807, 2.05) is 31.2 Å². The van der Waals surface area contributed by atoms with Crippen LogP contribution in [0.1, 0.15) is 36.5 Å². The maximum absolute atomic E-state index is 13.0. The highest BCUT2D eigenvalue weighted by Crippen LogP contribution is 2.45. The summed E-state index contributed by atoms with van der Waals surface area (Å²) in [4.78, 5) is 15.0. The Morgan fingerprint density at radius 2 is 1.78 bits per heavy atom. The number of likely N-dealkylation sites (tertiary alicyclic amines) is 1. The van der Waals surface area contributed by atoms with Gasteiger partial charge in [0.05, 0.1) is 27.8 Å². The molecule has 0 spiro atoms. The van der Waals surface area contributed by atoms with Gasteiger partial charge in [-0.3, -0.25) is 4.79 Å². The number of carbonyl (C=O) groups excluding carboxylic acids is 1. The van der Waals surface area contributed by atoms with E-state index in [-0.39, 0.29) is 34.8 Å². The third-order valence-corrected chi connectivity index (χ3v) is 7.84. The van der Waals surface area contributed by atoms with E-state index in [1.165, 1.54) is 14.2 Å². The Bertz CT molecular complexity index is 1370. The van der Waals surface area contributed by atoms with Crippen LogP contribution < -0.4 is 24.7 Å². The number of rotatable bonds is 8. The number of amides is 1. The van der Waals surface area contributed by atoms with E-state index in [9.17, 15) is 13.2 Å². The lowest BCUT2D eigenvalue weighted by Crippen LogP contribution is -2.36. The molecule has 37 heavy (non-hydrogen) atoms. The van der Waals surface area contributed by atoms with Gasteiger partial charge in [-0.1, -0.05) is 6.07 Å². The molecule has 3 N–H and O–H groups in total. The molecule has 1 unspecified atom stereocenters. The second kappa shape index (κ2) is 10.6. The van der Waals surface area contributed by atoms with Crippen molar-refractivity contribution in [1.82, 2.24) is 10.2 Å². The molecule has 0 radical (unpaired) electrons. The van der Waals surface area contributed by atoms with Gasteiger partial charge in [-0.2, -0.15) is 0 Å². The van der Waals surface area contributed by atoms with Gasteiger partial charge in [0.1, 0.15) is 17.2 Å². The summed E-state index contributed by atoms with van der Waals surface area (Å²) in [5.41, 5.74) is 5.34. The standard InChI is InChI=1S/C27H33N3O6S/c1-16-21(10-17-11-24(35-4)27(37(28,32)33)25(12-17)36-5)20-7-6-19(34-3)13-23(20)22(16)14-26(31)29-18-8-9-30(2)15-18/h6-7,10-13,18H,8-9,14-15H2,1-5H3,(H,29,31)(H2,28,32,33)/b21-10-. The zero-order valence-corrected chi connectivity index (χ0v) is 22.6. The van der Waals surface area contributed by atoms with Crippen LogP contribution in [0.2, 0.25) is 0 Å². The van der Waals surface area contributed by atoms with Gasteiger partial charge in [-0.05, 0) is 90.7 Å². The second-order valence-electron chi connectivity index (χ2n) is 9.36. The summed E-state index contributed by atoms with van der Waals surface area (Å²) >= 11 is 0. The van der Waals surface area contributed by atoms with Crippen molar-refractivity contribution in [2.24, 2.45) is 5.14 Å². The molecule has 0 saturated carbocycles. The summed E-state index contributed by atoms with van der Waals surface area (Å²) in [7, 11) is 2.34. The Hall–Kier alpha value is -3.34. The number of benzene rings is 2. The first-order chi connectivity index (χ1) is 17.5. The molecule has 2 aromatic carbocycles. The fraction of sp³-hybridized carbons (Fsp3) is 0.370. The summed E-state index contributed by atoms with van der Waals surface area (Å²) in [6.45, 7) is 3.80. The minimum atomic E-state index is -4.08. The zero-order chi connectivity index (χ0) is 26.9. The molecule has 2 aromatic rings. The zero-order valence-electron chi connectivity index (χ0n) is 21.8. The van der Waals surface area contributed by atoms with Crippen molar-refractivity contribution in [3.05, 3.63) is 52.6 Å². The van der Waals surface area contributed by atoms with Crippen LogP contribution >= 0.6 is 0 Å². The number of nitrogens with one attached hydrogen (secondary N) is 1. The number of carbonyl (C=O) groups is 1. The van der Waals surface area contributed by atoms with E-state index < -0.39 is 10.0 Å². The minimum Gasteiger partial charge on any atom is -0.497 e. The van der Waals surface area contributed by atoms with Gasteiger partial charge in [0.25, 0.3) is 0 Å². The van der Waals surface area contributed by atoms with E-state index >= 15 is 0 Å². The highest BCUT2D eigenvalue weighted by atomic mass is 32.2. The van der Waals surface area contributed by atoms with Gasteiger partial charge < -0.3 is 24.4 Å². The quantitative estimate of drug-likeness (QED) is 0.542. The number of likely N-dealkylation sites (N-methyl/N-ethyl adjacent to an activating group) is 1. The van der Waals surface area contributed by atoms with Crippen molar-refractivity contribution in [2.45, 2.75) is 30.7 Å². The van der Waals surface area contributed by atoms with Crippen molar-refractivity contribution >= 4 is 33.2 Å². The molecule has 1 fully saturated rings. The lowest BCUT2D eigenvalue weighted by atomic mass is 10.00. The molecule has 0 bridgehead atoms. The highest BCUT2D eigenvalue weighted by Gasteiger charge is 2.28. The number of ether oxygens (including phenoxy) is 3. The van der Waals surface area contributed by atoms with Crippen LogP contribution in [0.4, 0.5) is 0 Å². The van der Waals surface area contributed by atoms with Gasteiger partial charge >= 0.3 is 0 Å². The number of methoxy groups -OCH3 is 3. The van der Waals surface area contributed by atoms with Gasteiger partial charge in [-0.25, -0.2) is 13.6 Å². The first-order valence-electron chi connectivity index (χ1n) is 11.9. The maximum Gasteiger partial charge on any atom is 0.245 e. The molecule has 0 aromatic heterocycles. The summed E-state index contributed by atoms with van der Waals surface area (Å²) in [5.74, 6) is 0.850. The van der Waals surface area contributed by atoms with E-state index in [1.54, 1.807) is 19.2 Å². The average Bonchev–Trinajstić information content (AvgIpc) is 3.37. The van der Waals surface area contributed by atoms with E-state index in [0.717, 1.165) is 47.4 Å². The molecule has 1 heterocycles. The van der Waals surface area contributed by atoms with Crippen molar-refractivity contribution in [3.63, 3.8) is 0 Å². The molecule has 1 aliphatic carbocycles. The van der Waals surface area contributed by atoms with Gasteiger partial charge in [0.15, 0.2) is 4.90 Å². The number of allylic oxidation sites excluding steroid dienone is 2. The third-order valence-electron chi connectivity index (χ3n) is 6.87. The van der Waals surface area contributed by atoms with Crippen LogP contribution in [-0.4, -0.2) is 66.7 Å². The number of primary sulfonamides is 1. The Morgan fingerprint density at radius 3 is 2.32 bits per heavy atom. The minimum absolute atomic E-state index is 0.0227. The summed E-state index contributed by atoms with van der Waals surface area (Å²) in [6.07, 6.45) is 3.10. The molecule has 10 heteroatoms. The lowest BCUT2D eigenvalue weighted by Gasteiger charge is -2.14. The molecule has 9 nitrogen and oxygen atoms in total. The van der Waals surface area contributed by atoms with Crippen molar-refractivity contribution in [3.8, 4) is 17.2 Å². The largest absolute Gasteiger partial charge is 0.497 e. The first kappa shape index (κ1) is 26.7. The topological polar surface area (TPSA) is 120 Å². The molecule has 1 aliphatic heterocycles. The molecule has 2 aliphatic rings. The number of sulfonamides is 1. The molecule has 4 rings (SSSR count). The fourth-order valence-electron chi connectivity index (χ4n) is 5.04. The molecular weight excluding hydrogens is 494 g/mol. The van der Waals surface area contributed by atoms with Gasteiger partial charge in [0, 0.05) is 12.6 Å². The van der Waals surface area contributed by atoms with Crippen LogP contribution in [0, 0.1) is 0 Å². The Morgan fingerprint density at radius 1 is 1.11 bits per heavy atom. The SMILES string of the molecule is COc1ccc2c(c1)C(CC(=O)NC1CCN(C)C1)=C(C)/C2=C/c1cc(OC)c(S(N)(=O)=O)c(OC)c1. The maximum atomic E-state index is 13.0. The van der Waals surface area contributed by atoms with Crippen LogP contribution in [0.25, 0.3) is 17.2 Å². The molecule has 1 amide bonds. The predicted octanol–water partition coefficient (Wildman–Crippen LogP) is 2.90. The molecule has 198 valence electrons. The Labute approximate surface area is 217 Å². The van der Waals surface area contributed by atoms with Crippen molar-refractivity contribution in [1.29, 1.82) is 0 Å². The monoisotopic (exact) mass is 527 g/mol. The fourth-order valence-corrected chi connectivity index (χ4v) is 5.88. The summed E-state index contributed by atoms with van der Waals surface area (Å²) < 4.78 is 40.4. The normalized spacial score (nSPS) is 18.8. The Balaban J connectivity index is 1.77. The predicted molar refractivity (Wildman–Crippen MR) is 143 cm³/mol. The number of fused-ring (bicyclic) bond motifs is 1. The first-order valence-corrected chi connectivity index (χ1v) is 13.5. The number of nitrogens with two attached hydrogens (primary N) is 1. The number of hydrogen-bond acceptors (Lipinski definition) is 7. The van der Waals surface area contributed by atoms with Crippen molar-refractivity contribution in [2.75, 3.05) is 41.5 Å². The third kappa shape index (κ3) is 5.51. The van der Waals surface area contributed by atoms with Crippen LogP contribution in [0.5, 0.6) is 17.2 Å². The van der Waals surface area contributed by atoms with Crippen LogP contribution in [-0.2, 0) is 14.8 Å². The van der Waals surface area contributed by atoms with Gasteiger partial charge in [-0.15, -0.1) is 0 Å². The van der Waals surface area contributed by atoms with Crippen LogP contribution in [0.3, 0.4) is 0 Å². The van der Waals surface area contributed by atoms with Crippen LogP contribution in [0.15, 0.2) is 40.8 Å². The number of nitrogens with zero attached hydrogens (tertiary/aromatic N) is 1. The number of hydrogen-bond donors (Lipinski definition) is 2. The highest BCUT2D eigenvalue weighted by molar-refractivity contribution is 7.89. The van der Waals surface area contributed by atoms with Crippen molar-refractivity contribution < 1.29 is 27.4 Å². The summed E-state index contributed by atoms with van der Waals surface area (Å²) in [5, 5.41) is 8.57. The van der Waals surface area contributed by atoms with E-state index in [4.69, 9.17) is 19.3 Å². The Kier molecular flexibility index (Phi) is 7.63. The van der Waals surface area contributed by atoms with E-state index in [2.05, 4.69) is 17.3 Å². The lowest BCUT2D eigenvalue weighted by molar-refractivity contribution is -0.120. The van der Waals surface area contributed by atoms with Gasteiger partial charge in [0.2, 0.25) is 15.9 Å². The molecule has 1 atom stereocenters. The molecular formula is C27H33N3O6S. The molecule has 1 saturated heterocycles.